The van der Waals surface area contributed by atoms with E-state index in [4.69, 9.17) is 0 Å². The van der Waals surface area contributed by atoms with Gasteiger partial charge in [-0.3, -0.25) is 0 Å². The van der Waals surface area contributed by atoms with Gasteiger partial charge in [-0.15, -0.1) is 0 Å². The summed E-state index contributed by atoms with van der Waals surface area (Å²) in [5.74, 6) is 0.920. The summed E-state index contributed by atoms with van der Waals surface area (Å²) < 4.78 is 1.86. The van der Waals surface area contributed by atoms with Crippen LogP contribution in [0.25, 0.3) is 16.4 Å². The molecule has 14 heavy (non-hydrogen) atoms. The zero-order chi connectivity index (χ0) is 9.54. The van der Waals surface area contributed by atoms with Crippen molar-refractivity contribution in [2.75, 3.05) is 0 Å². The third kappa shape index (κ3) is 0.865. The Morgan fingerprint density at radius 3 is 2.93 bits per heavy atom. The summed E-state index contributed by atoms with van der Waals surface area (Å²) in [5, 5.41) is 5.37. The van der Waals surface area contributed by atoms with E-state index >= 15 is 0 Å². The monoisotopic (exact) mass is 183 g/mol. The molecule has 0 aliphatic heterocycles. The second-order valence-electron chi connectivity index (χ2n) is 3.30. The highest BCUT2D eigenvalue weighted by molar-refractivity contribution is 5.93. The first-order valence-electron chi connectivity index (χ1n) is 4.55. The predicted octanol–water partition coefficient (Wildman–Crippen LogP) is 2.19. The summed E-state index contributed by atoms with van der Waals surface area (Å²) in [7, 11) is 0. The van der Waals surface area contributed by atoms with Crippen LogP contribution in [0, 0.1) is 6.92 Å². The van der Waals surface area contributed by atoms with Crippen LogP contribution in [0.15, 0.2) is 36.5 Å². The fraction of sp³-hybridized carbons (Fsp3) is 0.0909. The van der Waals surface area contributed by atoms with E-state index in [-0.39, 0.29) is 0 Å². The van der Waals surface area contributed by atoms with Crippen LogP contribution in [0.5, 0.6) is 0 Å². The van der Waals surface area contributed by atoms with Gasteiger partial charge >= 0.3 is 0 Å². The highest BCUT2D eigenvalue weighted by atomic mass is 15.2. The van der Waals surface area contributed by atoms with Crippen LogP contribution >= 0.6 is 0 Å². The third-order valence-corrected chi connectivity index (χ3v) is 2.41. The molecule has 0 unspecified atom stereocenters. The molecule has 0 aliphatic rings. The number of hydrogen-bond donors (Lipinski definition) is 0. The van der Waals surface area contributed by atoms with E-state index in [0.29, 0.717) is 0 Å². The Morgan fingerprint density at radius 1 is 1.14 bits per heavy atom. The fourth-order valence-corrected chi connectivity index (χ4v) is 1.77. The lowest BCUT2D eigenvalue weighted by atomic mass is 10.2. The first kappa shape index (κ1) is 7.50. The Hall–Kier alpha value is -1.90. The first-order chi connectivity index (χ1) is 6.86. The highest BCUT2D eigenvalue weighted by Gasteiger charge is 2.03. The lowest BCUT2D eigenvalue weighted by Crippen LogP contribution is -1.97. The molecular weight excluding hydrogens is 174 g/mol. The van der Waals surface area contributed by atoms with E-state index in [1.54, 1.807) is 6.20 Å². The second kappa shape index (κ2) is 2.54. The SMILES string of the molecule is Cc1nc2ccccc2c2ccnn12. The van der Waals surface area contributed by atoms with Gasteiger partial charge in [0.15, 0.2) is 0 Å². The molecule has 1 aromatic carbocycles. The number of rotatable bonds is 0. The molecule has 0 atom stereocenters. The van der Waals surface area contributed by atoms with Crippen LogP contribution in [0.1, 0.15) is 5.82 Å². The number of aryl methyl sites for hydroxylation is 1. The molecule has 3 heteroatoms. The zero-order valence-corrected chi connectivity index (χ0v) is 7.81. The van der Waals surface area contributed by atoms with Crippen LogP contribution in [-0.2, 0) is 0 Å². The first-order valence-corrected chi connectivity index (χ1v) is 4.55. The van der Waals surface area contributed by atoms with Crippen molar-refractivity contribution < 1.29 is 0 Å². The van der Waals surface area contributed by atoms with Gasteiger partial charge < -0.3 is 0 Å². The maximum absolute atomic E-state index is 4.48. The lowest BCUT2D eigenvalue weighted by Gasteiger charge is -2.02. The van der Waals surface area contributed by atoms with Gasteiger partial charge in [-0.2, -0.15) is 5.10 Å². The van der Waals surface area contributed by atoms with Gasteiger partial charge in [0, 0.05) is 5.39 Å². The van der Waals surface area contributed by atoms with Crippen LogP contribution in [0.2, 0.25) is 0 Å². The average Bonchev–Trinajstić information content (AvgIpc) is 2.67. The Morgan fingerprint density at radius 2 is 2.00 bits per heavy atom. The molecule has 0 spiro atoms. The van der Waals surface area contributed by atoms with E-state index in [0.717, 1.165) is 22.2 Å². The topological polar surface area (TPSA) is 30.2 Å². The summed E-state index contributed by atoms with van der Waals surface area (Å²) in [6.07, 6.45) is 1.80. The molecule has 0 saturated carbocycles. The van der Waals surface area contributed by atoms with Gasteiger partial charge in [0.2, 0.25) is 0 Å². The molecule has 2 aromatic heterocycles. The predicted molar refractivity (Wildman–Crippen MR) is 55.2 cm³/mol. The van der Waals surface area contributed by atoms with E-state index in [1.807, 2.05) is 35.7 Å². The Kier molecular flexibility index (Phi) is 1.36. The van der Waals surface area contributed by atoms with Crippen LogP contribution in [0.3, 0.4) is 0 Å². The van der Waals surface area contributed by atoms with Gasteiger partial charge in [0.05, 0.1) is 17.2 Å². The quantitative estimate of drug-likeness (QED) is 0.534. The van der Waals surface area contributed by atoms with E-state index in [9.17, 15) is 0 Å². The molecule has 0 aliphatic carbocycles. The third-order valence-electron chi connectivity index (χ3n) is 2.41. The van der Waals surface area contributed by atoms with Gasteiger partial charge in [0.25, 0.3) is 0 Å². The molecule has 2 heterocycles. The molecule has 0 fully saturated rings. The minimum Gasteiger partial charge on any atom is -0.233 e. The van der Waals surface area contributed by atoms with Crippen LogP contribution in [-0.4, -0.2) is 14.6 Å². The molecular formula is C11H9N3. The molecule has 0 radical (unpaired) electrons. The van der Waals surface area contributed by atoms with E-state index < -0.39 is 0 Å². The van der Waals surface area contributed by atoms with Crippen molar-refractivity contribution in [3.05, 3.63) is 42.4 Å². The van der Waals surface area contributed by atoms with Gasteiger partial charge in [-0.1, -0.05) is 18.2 Å². The van der Waals surface area contributed by atoms with E-state index in [1.165, 1.54) is 0 Å². The molecule has 3 nitrogen and oxygen atoms in total. The fourth-order valence-electron chi connectivity index (χ4n) is 1.77. The summed E-state index contributed by atoms with van der Waals surface area (Å²) in [4.78, 5) is 4.48. The number of para-hydroxylation sites is 1. The Bertz CT molecular complexity index is 610. The van der Waals surface area contributed by atoms with Crippen LogP contribution in [0.4, 0.5) is 0 Å². The van der Waals surface area contributed by atoms with Crippen molar-refractivity contribution in [2.24, 2.45) is 0 Å². The smallest absolute Gasteiger partial charge is 0.128 e. The summed E-state index contributed by atoms with van der Waals surface area (Å²) in [5.41, 5.74) is 2.14. The molecule has 68 valence electrons. The minimum atomic E-state index is 0.920. The Balaban J connectivity index is 2.66. The van der Waals surface area contributed by atoms with Crippen molar-refractivity contribution in [3.8, 4) is 0 Å². The summed E-state index contributed by atoms with van der Waals surface area (Å²) in [6, 6.07) is 10.1. The van der Waals surface area contributed by atoms with Crippen LogP contribution < -0.4 is 0 Å². The van der Waals surface area contributed by atoms with Gasteiger partial charge in [-0.05, 0) is 19.1 Å². The molecule has 0 N–H and O–H groups in total. The maximum atomic E-state index is 4.48. The van der Waals surface area contributed by atoms with Crippen molar-refractivity contribution in [2.45, 2.75) is 6.92 Å². The normalized spacial score (nSPS) is 11.2. The zero-order valence-electron chi connectivity index (χ0n) is 7.81. The summed E-state index contributed by atoms with van der Waals surface area (Å²) >= 11 is 0. The minimum absolute atomic E-state index is 0.920. The largest absolute Gasteiger partial charge is 0.233 e. The van der Waals surface area contributed by atoms with Crippen molar-refractivity contribution in [3.63, 3.8) is 0 Å². The molecule has 0 amide bonds. The standard InChI is InChI=1S/C11H9N3/c1-8-13-10-5-3-2-4-9(10)11-6-7-12-14(8)11/h2-7H,1H3. The summed E-state index contributed by atoms with van der Waals surface area (Å²) in [6.45, 7) is 1.96. The maximum Gasteiger partial charge on any atom is 0.128 e. The van der Waals surface area contributed by atoms with Crippen molar-refractivity contribution in [1.29, 1.82) is 0 Å². The number of nitrogens with zero attached hydrogens (tertiary/aromatic N) is 3. The molecule has 3 rings (SSSR count). The van der Waals surface area contributed by atoms with E-state index in [2.05, 4.69) is 16.1 Å². The second-order valence-corrected chi connectivity index (χ2v) is 3.30. The molecule has 0 saturated heterocycles. The van der Waals surface area contributed by atoms with Crippen molar-refractivity contribution >= 4 is 16.4 Å². The van der Waals surface area contributed by atoms with Gasteiger partial charge in [0.1, 0.15) is 5.82 Å². The number of hydrogen-bond acceptors (Lipinski definition) is 2. The van der Waals surface area contributed by atoms with Gasteiger partial charge in [-0.25, -0.2) is 9.50 Å². The number of benzene rings is 1. The molecule has 0 bridgehead atoms. The molecule has 3 aromatic rings. The highest BCUT2D eigenvalue weighted by Crippen LogP contribution is 2.18. The number of aromatic nitrogens is 3. The lowest BCUT2D eigenvalue weighted by molar-refractivity contribution is 0.877. The van der Waals surface area contributed by atoms with Crippen molar-refractivity contribution in [1.82, 2.24) is 14.6 Å². The number of fused-ring (bicyclic) bond motifs is 3. The Labute approximate surface area is 81.0 Å². The average molecular weight is 183 g/mol.